The molecule has 0 amide bonds. The molecule has 12 rings (SSSR count). The molecule has 0 N–H and O–H groups in total. The lowest BCUT2D eigenvalue weighted by Crippen LogP contribution is -1.96. The van der Waals surface area contributed by atoms with Crippen molar-refractivity contribution in [3.8, 4) is 44.8 Å². The molecule has 0 spiro atoms. The molecule has 266 valence electrons. The summed E-state index contributed by atoms with van der Waals surface area (Å²) in [6.07, 6.45) is 0. The van der Waals surface area contributed by atoms with Crippen LogP contribution < -0.4 is 0 Å². The smallest absolute Gasteiger partial charge is 0.137 e. The fourth-order valence-electron chi connectivity index (χ4n) is 8.57. The first-order valence-electron chi connectivity index (χ1n) is 22.4. The van der Waals surface area contributed by atoms with E-state index in [1.54, 1.807) is 10.6 Å². The Balaban J connectivity index is 1.14. The minimum absolute atomic E-state index is 0.0989. The second-order valence-corrected chi connectivity index (χ2v) is 14.4. The molecular formula is C54H34N2O. The number of hydrogen-bond donors (Lipinski definition) is 0. The molecular weight excluding hydrogens is 693 g/mol. The molecule has 0 atom stereocenters. The predicted octanol–water partition coefficient (Wildman–Crippen LogP) is 14.8. The number of fused-ring (bicyclic) bond motifs is 9. The van der Waals surface area contributed by atoms with Crippen molar-refractivity contribution in [1.82, 2.24) is 9.13 Å². The van der Waals surface area contributed by atoms with Gasteiger partial charge in [0.05, 0.1) is 31.7 Å². The third-order valence-corrected chi connectivity index (χ3v) is 11.2. The Bertz CT molecular complexity index is 3930. The van der Waals surface area contributed by atoms with E-state index in [2.05, 4.69) is 65.2 Å². The second-order valence-electron chi connectivity index (χ2n) is 14.4. The molecule has 3 heterocycles. The van der Waals surface area contributed by atoms with Gasteiger partial charge in [-0.1, -0.05) is 139 Å². The van der Waals surface area contributed by atoms with Crippen LogP contribution >= 0.6 is 0 Å². The van der Waals surface area contributed by atoms with E-state index >= 15 is 0 Å². The van der Waals surface area contributed by atoms with Crippen molar-refractivity contribution in [1.29, 1.82) is 0 Å². The second kappa shape index (κ2) is 12.5. The first-order chi connectivity index (χ1) is 31.2. The summed E-state index contributed by atoms with van der Waals surface area (Å²) in [7, 11) is 0. The molecule has 0 unspecified atom stereocenters. The average molecular weight is 734 g/mol. The highest BCUT2D eigenvalue weighted by molar-refractivity contribution is 6.16. The van der Waals surface area contributed by atoms with Gasteiger partial charge in [0.2, 0.25) is 0 Å². The van der Waals surface area contributed by atoms with Gasteiger partial charge < -0.3 is 13.6 Å². The molecule has 57 heavy (non-hydrogen) atoms. The summed E-state index contributed by atoms with van der Waals surface area (Å²) in [6.45, 7) is 0. The third kappa shape index (κ3) is 4.92. The van der Waals surface area contributed by atoms with Gasteiger partial charge >= 0.3 is 0 Å². The number of aromatic nitrogens is 2. The Morgan fingerprint density at radius 3 is 1.96 bits per heavy atom. The van der Waals surface area contributed by atoms with E-state index in [1.807, 2.05) is 97.1 Å². The number of para-hydroxylation sites is 3. The van der Waals surface area contributed by atoms with E-state index < -0.39 is 12.1 Å². The first kappa shape index (κ1) is 25.5. The summed E-state index contributed by atoms with van der Waals surface area (Å²) in [5.74, 6) is 0. The Morgan fingerprint density at radius 2 is 1.07 bits per heavy atom. The number of furan rings is 1. The molecule has 3 aromatic heterocycles. The molecule has 12 aromatic rings. The average Bonchev–Trinajstić information content (AvgIpc) is 4.01. The van der Waals surface area contributed by atoms with Gasteiger partial charge in [0.25, 0.3) is 0 Å². The normalized spacial score (nSPS) is 13.6. The maximum Gasteiger partial charge on any atom is 0.137 e. The molecule has 0 aliphatic heterocycles. The van der Waals surface area contributed by atoms with E-state index in [1.165, 1.54) is 0 Å². The van der Waals surface area contributed by atoms with E-state index in [0.29, 0.717) is 22.4 Å². The van der Waals surface area contributed by atoms with Gasteiger partial charge in [0.1, 0.15) is 11.2 Å². The molecule has 0 saturated heterocycles. The van der Waals surface area contributed by atoms with Crippen LogP contribution in [0.1, 0.15) is 9.60 Å². The number of benzene rings is 9. The summed E-state index contributed by atoms with van der Waals surface area (Å²) in [4.78, 5) is 0. The molecule has 0 fully saturated rings. The van der Waals surface area contributed by atoms with Gasteiger partial charge in [-0.15, -0.1) is 0 Å². The summed E-state index contributed by atoms with van der Waals surface area (Å²) in [5, 5.41) is 3.96. The highest BCUT2D eigenvalue weighted by Crippen LogP contribution is 2.42. The number of nitrogens with zero attached hydrogens (tertiary/aromatic N) is 2. The maximum atomic E-state index is 9.94. The lowest BCUT2D eigenvalue weighted by molar-refractivity contribution is 0.668. The van der Waals surface area contributed by atoms with Crippen LogP contribution in [0.4, 0.5) is 0 Å². The maximum absolute atomic E-state index is 9.94. The predicted molar refractivity (Wildman–Crippen MR) is 239 cm³/mol. The zero-order chi connectivity index (χ0) is 43.5. The van der Waals surface area contributed by atoms with E-state index in [4.69, 9.17) is 7.16 Å². The number of rotatable bonds is 5. The van der Waals surface area contributed by atoms with Crippen molar-refractivity contribution < 1.29 is 14.0 Å². The molecule has 0 aliphatic carbocycles. The minimum Gasteiger partial charge on any atom is -0.456 e. The van der Waals surface area contributed by atoms with Gasteiger partial charge in [-0.3, -0.25) is 0 Å². The van der Waals surface area contributed by atoms with Crippen LogP contribution in [-0.4, -0.2) is 9.13 Å². The SMILES string of the molecule is [2H]c1c([2H])c([2H])c2c(c1[2H])c1c([2H])c(-c3ccc4c(c3)c3cccc(-c5ccccc5)c3n4-c3cccc(-c4ccccc4)c3)c([2H])c([2H])c1n2-c1ccc2c(c1)oc1ccccc12. The fraction of sp³-hybridized carbons (Fsp3) is 0. The summed E-state index contributed by atoms with van der Waals surface area (Å²) >= 11 is 0. The van der Waals surface area contributed by atoms with Crippen LogP contribution in [0, 0.1) is 0 Å². The van der Waals surface area contributed by atoms with E-state index in [9.17, 15) is 6.85 Å². The van der Waals surface area contributed by atoms with Crippen molar-refractivity contribution in [3.05, 3.63) is 206 Å². The first-order valence-corrected chi connectivity index (χ1v) is 18.9. The summed E-state index contributed by atoms with van der Waals surface area (Å²) < 4.78 is 75.2. The quantitative estimate of drug-likeness (QED) is 0.173. The van der Waals surface area contributed by atoms with Crippen molar-refractivity contribution in [2.24, 2.45) is 0 Å². The minimum atomic E-state index is -0.438. The van der Waals surface area contributed by atoms with E-state index in [-0.39, 0.29) is 57.6 Å². The molecule has 9 aromatic carbocycles. The lowest BCUT2D eigenvalue weighted by atomic mass is 9.99. The Hall–Kier alpha value is -7.62. The van der Waals surface area contributed by atoms with Crippen molar-refractivity contribution in [2.45, 2.75) is 0 Å². The van der Waals surface area contributed by atoms with Crippen LogP contribution in [0.15, 0.2) is 211 Å². The highest BCUT2D eigenvalue weighted by atomic mass is 16.3. The Morgan fingerprint density at radius 1 is 0.368 bits per heavy atom. The van der Waals surface area contributed by atoms with Crippen LogP contribution in [0.5, 0.6) is 0 Å². The largest absolute Gasteiger partial charge is 0.456 e. The zero-order valence-electron chi connectivity index (χ0n) is 37.4. The van der Waals surface area contributed by atoms with Gasteiger partial charge in [0, 0.05) is 55.3 Å². The molecule has 3 heteroatoms. The van der Waals surface area contributed by atoms with Gasteiger partial charge in [-0.25, -0.2) is 0 Å². The van der Waals surface area contributed by atoms with Crippen LogP contribution in [0.25, 0.3) is 110 Å². The number of hydrogen-bond acceptors (Lipinski definition) is 1. The van der Waals surface area contributed by atoms with E-state index in [0.717, 1.165) is 60.5 Å². The standard InChI is InChI=1S/C54H34N2O/c1-3-13-35(14-4-1)37-17-11-18-40(31-37)56-51-30-26-39(33-48(51)46-22-12-21-42(54(46)56)36-15-5-2-6-16-36)38-25-29-50-47(32-38)43-19-7-9-23-49(43)55(50)41-27-28-45-44-20-8-10-24-52(44)57-53(45)34-41/h1-34H/i7D,9D,19D,23D,25D,29D,32D. The van der Waals surface area contributed by atoms with Gasteiger partial charge in [0.15, 0.2) is 0 Å². The van der Waals surface area contributed by atoms with Gasteiger partial charge in [-0.2, -0.15) is 0 Å². The monoisotopic (exact) mass is 733 g/mol. The third-order valence-electron chi connectivity index (χ3n) is 11.2. The Kier molecular flexibility index (Phi) is 5.56. The van der Waals surface area contributed by atoms with Crippen LogP contribution in [0.2, 0.25) is 0 Å². The molecule has 0 saturated carbocycles. The van der Waals surface area contributed by atoms with Crippen molar-refractivity contribution in [3.63, 3.8) is 0 Å². The molecule has 3 nitrogen and oxygen atoms in total. The molecule has 0 aliphatic rings. The van der Waals surface area contributed by atoms with Crippen LogP contribution in [0.3, 0.4) is 0 Å². The van der Waals surface area contributed by atoms with Crippen molar-refractivity contribution in [2.75, 3.05) is 0 Å². The molecule has 0 bridgehead atoms. The lowest BCUT2D eigenvalue weighted by Gasteiger charge is -2.13. The topological polar surface area (TPSA) is 23.0 Å². The summed E-state index contributed by atoms with van der Waals surface area (Å²) in [5.41, 5.74) is 9.93. The zero-order valence-corrected chi connectivity index (χ0v) is 30.4. The van der Waals surface area contributed by atoms with Crippen molar-refractivity contribution >= 4 is 65.6 Å². The fourth-order valence-corrected chi connectivity index (χ4v) is 8.57. The van der Waals surface area contributed by atoms with Gasteiger partial charge in [-0.05, 0) is 88.4 Å². The summed E-state index contributed by atoms with van der Waals surface area (Å²) in [6, 6.07) is 52.4. The highest BCUT2D eigenvalue weighted by Gasteiger charge is 2.19. The van der Waals surface area contributed by atoms with Crippen LogP contribution in [-0.2, 0) is 0 Å². The molecule has 0 radical (unpaired) electrons. The Labute approximate surface area is 338 Å².